The summed E-state index contributed by atoms with van der Waals surface area (Å²) in [5.74, 6) is 0.183. The molecule has 2 aromatic carbocycles. The van der Waals surface area contributed by atoms with Gasteiger partial charge in [0.15, 0.2) is 0 Å². The van der Waals surface area contributed by atoms with Crippen LogP contribution in [0.3, 0.4) is 0 Å². The highest BCUT2D eigenvalue weighted by Gasteiger charge is 2.10. The fourth-order valence-electron chi connectivity index (χ4n) is 2.51. The Morgan fingerprint density at radius 2 is 1.73 bits per heavy atom. The highest BCUT2D eigenvalue weighted by atomic mass is 32.2. The Labute approximate surface area is 159 Å². The second-order valence-electron chi connectivity index (χ2n) is 6.09. The minimum Gasteiger partial charge on any atom is -0.236 e. The van der Waals surface area contributed by atoms with E-state index in [4.69, 9.17) is 4.98 Å². The van der Waals surface area contributed by atoms with Crippen LogP contribution in [0.15, 0.2) is 60.0 Å². The summed E-state index contributed by atoms with van der Waals surface area (Å²) < 4.78 is 26.4. The van der Waals surface area contributed by atoms with Gasteiger partial charge in [0, 0.05) is 23.1 Å². The largest absolute Gasteiger partial charge is 0.236 e. The van der Waals surface area contributed by atoms with Gasteiger partial charge in [0.25, 0.3) is 0 Å². The van der Waals surface area contributed by atoms with Crippen LogP contribution in [-0.4, -0.2) is 19.2 Å². The number of sulfonamides is 1. The van der Waals surface area contributed by atoms with Crippen LogP contribution in [0.1, 0.15) is 25.3 Å². The quantitative estimate of drug-likeness (QED) is 0.611. The van der Waals surface area contributed by atoms with E-state index in [0.717, 1.165) is 33.8 Å². The lowest BCUT2D eigenvalue weighted by molar-refractivity contribution is 0.578. The zero-order chi connectivity index (χ0) is 18.4. The van der Waals surface area contributed by atoms with Crippen LogP contribution in [0.4, 0.5) is 0 Å². The highest BCUT2D eigenvalue weighted by Crippen LogP contribution is 2.28. The predicted octanol–water partition coefficient (Wildman–Crippen LogP) is 4.70. The molecule has 6 heteroatoms. The molecule has 3 aromatic rings. The van der Waals surface area contributed by atoms with Gasteiger partial charge in [-0.25, -0.2) is 18.1 Å². The molecule has 0 amide bonds. The maximum atomic E-state index is 11.9. The highest BCUT2D eigenvalue weighted by molar-refractivity contribution is 7.89. The first kappa shape index (κ1) is 18.8. The topological polar surface area (TPSA) is 59.1 Å². The molecular weight excluding hydrogens is 364 g/mol. The molecule has 0 aliphatic rings. The molecule has 1 aromatic heterocycles. The van der Waals surface area contributed by atoms with Crippen LogP contribution in [0.2, 0.25) is 0 Å². The zero-order valence-electron chi connectivity index (χ0n) is 14.7. The molecule has 1 heterocycles. The van der Waals surface area contributed by atoms with Crippen molar-refractivity contribution in [1.82, 2.24) is 9.71 Å². The van der Waals surface area contributed by atoms with Gasteiger partial charge in [-0.1, -0.05) is 67.9 Å². The molecule has 0 saturated carbocycles. The van der Waals surface area contributed by atoms with Gasteiger partial charge < -0.3 is 0 Å². The lowest BCUT2D eigenvalue weighted by Crippen LogP contribution is -2.25. The van der Waals surface area contributed by atoms with Crippen molar-refractivity contribution in [3.8, 4) is 21.8 Å². The summed E-state index contributed by atoms with van der Waals surface area (Å²) in [5, 5.41) is 3.01. The van der Waals surface area contributed by atoms with Crippen LogP contribution >= 0.6 is 11.3 Å². The first-order chi connectivity index (χ1) is 12.6. The molecule has 0 atom stereocenters. The predicted molar refractivity (Wildman–Crippen MR) is 109 cm³/mol. The van der Waals surface area contributed by atoms with E-state index in [9.17, 15) is 8.42 Å². The lowest BCUT2D eigenvalue weighted by Gasteiger charge is -2.06. The van der Waals surface area contributed by atoms with Gasteiger partial charge in [-0.3, -0.25) is 0 Å². The Kier molecular flexibility index (Phi) is 6.19. The Morgan fingerprint density at radius 3 is 2.42 bits per heavy atom. The number of aromatic nitrogens is 1. The van der Waals surface area contributed by atoms with E-state index < -0.39 is 10.0 Å². The fourth-order valence-corrected chi connectivity index (χ4v) is 4.55. The molecule has 26 heavy (non-hydrogen) atoms. The van der Waals surface area contributed by atoms with Crippen molar-refractivity contribution in [2.45, 2.75) is 26.3 Å². The van der Waals surface area contributed by atoms with E-state index in [1.54, 1.807) is 11.3 Å². The Balaban J connectivity index is 1.66. The van der Waals surface area contributed by atoms with Crippen LogP contribution < -0.4 is 4.72 Å². The molecule has 0 aliphatic carbocycles. The van der Waals surface area contributed by atoms with E-state index >= 15 is 0 Å². The molecule has 0 radical (unpaired) electrons. The molecule has 0 aliphatic heterocycles. The molecule has 0 spiro atoms. The normalized spacial score (nSPS) is 11.6. The van der Waals surface area contributed by atoms with Crippen molar-refractivity contribution in [3.63, 3.8) is 0 Å². The van der Waals surface area contributed by atoms with Crippen molar-refractivity contribution in [2.75, 3.05) is 5.75 Å². The number of benzene rings is 2. The second-order valence-corrected chi connectivity index (χ2v) is 8.88. The monoisotopic (exact) mass is 386 g/mol. The first-order valence-corrected chi connectivity index (χ1v) is 11.2. The maximum absolute atomic E-state index is 11.9. The van der Waals surface area contributed by atoms with E-state index in [0.29, 0.717) is 13.0 Å². The van der Waals surface area contributed by atoms with E-state index in [-0.39, 0.29) is 5.75 Å². The van der Waals surface area contributed by atoms with Crippen LogP contribution in [0, 0.1) is 0 Å². The van der Waals surface area contributed by atoms with E-state index in [2.05, 4.69) is 10.1 Å². The van der Waals surface area contributed by atoms with Crippen LogP contribution in [-0.2, 0) is 16.6 Å². The van der Waals surface area contributed by atoms with Gasteiger partial charge >= 0.3 is 0 Å². The number of nitrogens with zero attached hydrogens (tertiary/aromatic N) is 1. The fraction of sp³-hybridized carbons (Fsp3) is 0.250. The van der Waals surface area contributed by atoms with Gasteiger partial charge in [-0.15, -0.1) is 11.3 Å². The van der Waals surface area contributed by atoms with Crippen molar-refractivity contribution in [1.29, 1.82) is 0 Å². The number of hydrogen-bond donors (Lipinski definition) is 1. The maximum Gasteiger partial charge on any atom is 0.211 e. The van der Waals surface area contributed by atoms with Gasteiger partial charge in [0.2, 0.25) is 10.0 Å². The molecule has 1 N–H and O–H groups in total. The minimum atomic E-state index is -3.19. The molecule has 0 bridgehead atoms. The average Bonchev–Trinajstić information content (AvgIpc) is 3.16. The molecule has 0 saturated heterocycles. The van der Waals surface area contributed by atoms with Crippen molar-refractivity contribution >= 4 is 21.4 Å². The van der Waals surface area contributed by atoms with Crippen LogP contribution in [0.25, 0.3) is 21.8 Å². The molecule has 0 fully saturated rings. The van der Waals surface area contributed by atoms with Crippen LogP contribution in [0.5, 0.6) is 0 Å². The summed E-state index contributed by atoms with van der Waals surface area (Å²) in [4.78, 5) is 4.71. The van der Waals surface area contributed by atoms with Gasteiger partial charge in [-0.05, 0) is 12.0 Å². The number of nitrogens with one attached hydrogen (secondary N) is 1. The molecule has 4 nitrogen and oxygen atoms in total. The number of thiazole rings is 1. The average molecular weight is 387 g/mol. The van der Waals surface area contributed by atoms with Gasteiger partial charge in [0.05, 0.1) is 11.4 Å². The Morgan fingerprint density at radius 1 is 1.00 bits per heavy atom. The van der Waals surface area contributed by atoms with Crippen molar-refractivity contribution in [2.24, 2.45) is 0 Å². The van der Waals surface area contributed by atoms with E-state index in [1.807, 2.05) is 61.5 Å². The number of rotatable bonds is 8. The standard InChI is InChI=1S/C20H22N2O2S2/c1-2-3-13-26(23,24)21-14-16-9-11-18(12-10-16)20-22-19(15-25-20)17-7-5-4-6-8-17/h4-12,15,21H,2-3,13-14H2,1H3. The summed E-state index contributed by atoms with van der Waals surface area (Å²) in [6, 6.07) is 18.0. The summed E-state index contributed by atoms with van der Waals surface area (Å²) in [7, 11) is -3.19. The molecular formula is C20H22N2O2S2. The third-order valence-corrected chi connectivity index (χ3v) is 6.34. The SMILES string of the molecule is CCCCS(=O)(=O)NCc1ccc(-c2nc(-c3ccccc3)cs2)cc1. The second kappa shape index (κ2) is 8.58. The number of unbranched alkanes of at least 4 members (excludes halogenated alkanes) is 1. The minimum absolute atomic E-state index is 0.183. The zero-order valence-corrected chi connectivity index (χ0v) is 16.3. The summed E-state index contributed by atoms with van der Waals surface area (Å²) in [6.45, 7) is 2.30. The van der Waals surface area contributed by atoms with Gasteiger partial charge in [0.1, 0.15) is 5.01 Å². The molecule has 136 valence electrons. The summed E-state index contributed by atoms with van der Waals surface area (Å²) in [5.41, 5.74) is 4.05. The number of hydrogen-bond acceptors (Lipinski definition) is 4. The Hall–Kier alpha value is -2.02. The third-order valence-electron chi connectivity index (χ3n) is 4.04. The molecule has 0 unspecified atom stereocenters. The summed E-state index contributed by atoms with van der Waals surface area (Å²) >= 11 is 1.61. The van der Waals surface area contributed by atoms with Crippen molar-refractivity contribution in [3.05, 3.63) is 65.5 Å². The molecule has 3 rings (SSSR count). The lowest BCUT2D eigenvalue weighted by atomic mass is 10.1. The van der Waals surface area contributed by atoms with Gasteiger partial charge in [-0.2, -0.15) is 0 Å². The van der Waals surface area contributed by atoms with E-state index in [1.165, 1.54) is 0 Å². The smallest absolute Gasteiger partial charge is 0.211 e. The summed E-state index contributed by atoms with van der Waals surface area (Å²) in [6.07, 6.45) is 1.55. The third kappa shape index (κ3) is 5.00. The van der Waals surface area contributed by atoms with Crippen molar-refractivity contribution < 1.29 is 8.42 Å². The Bertz CT molecular complexity index is 933. The first-order valence-electron chi connectivity index (χ1n) is 8.65.